The number of benzene rings is 1. The molecule has 1 aliphatic rings. The topological polar surface area (TPSA) is 15.3 Å². The van der Waals surface area contributed by atoms with Crippen LogP contribution in [0.1, 0.15) is 17.2 Å². The molecule has 0 bridgehead atoms. The molecule has 0 spiro atoms. The standard InChI is InChI=1S/C13H13ClF6N2/c14-8-1-2-9(10(7-8)12(15,16)17)11(13(18,19)20)22-5-3-21-4-6-22/h1-2,7,11,21H,3-6H2/t11-/m0/s1. The second-order valence-electron chi connectivity index (χ2n) is 4.96. The molecule has 0 unspecified atom stereocenters. The van der Waals surface area contributed by atoms with E-state index in [0.29, 0.717) is 19.2 Å². The molecule has 1 fully saturated rings. The van der Waals surface area contributed by atoms with Crippen molar-refractivity contribution in [2.24, 2.45) is 0 Å². The molecule has 1 heterocycles. The van der Waals surface area contributed by atoms with Crippen molar-refractivity contribution in [3.63, 3.8) is 0 Å². The summed E-state index contributed by atoms with van der Waals surface area (Å²) in [6.45, 7) is 0.622. The summed E-state index contributed by atoms with van der Waals surface area (Å²) in [5, 5.41) is 2.62. The summed E-state index contributed by atoms with van der Waals surface area (Å²) in [6.07, 6.45) is -9.72. The van der Waals surface area contributed by atoms with E-state index in [1.165, 1.54) is 0 Å². The highest BCUT2D eigenvalue weighted by atomic mass is 35.5. The first kappa shape index (κ1) is 17.4. The van der Waals surface area contributed by atoms with Gasteiger partial charge >= 0.3 is 12.4 Å². The minimum Gasteiger partial charge on any atom is -0.314 e. The van der Waals surface area contributed by atoms with Gasteiger partial charge in [0.15, 0.2) is 0 Å². The van der Waals surface area contributed by atoms with Gasteiger partial charge in [-0.3, -0.25) is 4.90 Å². The van der Waals surface area contributed by atoms with Crippen molar-refractivity contribution in [2.45, 2.75) is 18.4 Å². The van der Waals surface area contributed by atoms with Crippen LogP contribution in [0.4, 0.5) is 26.3 Å². The predicted octanol–water partition coefficient (Wildman–Crippen LogP) is 3.87. The molecule has 2 rings (SSSR count). The van der Waals surface area contributed by atoms with E-state index < -0.39 is 29.5 Å². The molecule has 1 aromatic rings. The fraction of sp³-hybridized carbons (Fsp3) is 0.538. The molecule has 1 aliphatic heterocycles. The average molecular weight is 347 g/mol. The fourth-order valence-electron chi connectivity index (χ4n) is 2.53. The Morgan fingerprint density at radius 1 is 1.05 bits per heavy atom. The molecule has 2 nitrogen and oxygen atoms in total. The Hall–Kier alpha value is -0.990. The van der Waals surface area contributed by atoms with E-state index in [2.05, 4.69) is 5.32 Å². The van der Waals surface area contributed by atoms with Gasteiger partial charge in [0.2, 0.25) is 0 Å². The number of piperazine rings is 1. The van der Waals surface area contributed by atoms with Crippen LogP contribution in [0.3, 0.4) is 0 Å². The molecule has 22 heavy (non-hydrogen) atoms. The summed E-state index contributed by atoms with van der Waals surface area (Å²) in [7, 11) is 0. The molecule has 9 heteroatoms. The Morgan fingerprint density at radius 3 is 2.14 bits per heavy atom. The second-order valence-corrected chi connectivity index (χ2v) is 5.40. The van der Waals surface area contributed by atoms with Crippen LogP contribution < -0.4 is 5.32 Å². The lowest BCUT2D eigenvalue weighted by atomic mass is 9.97. The predicted molar refractivity (Wildman–Crippen MR) is 69.7 cm³/mol. The molecular formula is C13H13ClF6N2. The van der Waals surface area contributed by atoms with Gasteiger partial charge in [-0.2, -0.15) is 26.3 Å². The normalized spacial score (nSPS) is 19.2. The van der Waals surface area contributed by atoms with E-state index in [0.717, 1.165) is 17.0 Å². The molecule has 1 aromatic carbocycles. The van der Waals surface area contributed by atoms with Crippen LogP contribution in [0.25, 0.3) is 0 Å². The van der Waals surface area contributed by atoms with Gasteiger partial charge in [-0.05, 0) is 17.7 Å². The summed E-state index contributed by atoms with van der Waals surface area (Å²) in [6, 6.07) is 0.0967. The van der Waals surface area contributed by atoms with E-state index in [9.17, 15) is 26.3 Å². The first-order valence-electron chi connectivity index (χ1n) is 6.49. The van der Waals surface area contributed by atoms with Gasteiger partial charge < -0.3 is 5.32 Å². The van der Waals surface area contributed by atoms with E-state index in [4.69, 9.17) is 11.6 Å². The zero-order valence-corrected chi connectivity index (χ0v) is 12.0. The van der Waals surface area contributed by atoms with Gasteiger partial charge in [-0.25, -0.2) is 0 Å². The summed E-state index contributed by atoms with van der Waals surface area (Å²) in [4.78, 5) is 1.01. The largest absolute Gasteiger partial charge is 0.416 e. The highest BCUT2D eigenvalue weighted by Crippen LogP contribution is 2.44. The van der Waals surface area contributed by atoms with Crippen molar-refractivity contribution in [3.05, 3.63) is 34.3 Å². The van der Waals surface area contributed by atoms with Gasteiger partial charge in [0.05, 0.1) is 5.56 Å². The monoisotopic (exact) mass is 346 g/mol. The van der Waals surface area contributed by atoms with Crippen LogP contribution >= 0.6 is 11.6 Å². The summed E-state index contributed by atoms with van der Waals surface area (Å²) in [5.41, 5.74) is -2.16. The summed E-state index contributed by atoms with van der Waals surface area (Å²) >= 11 is 5.52. The number of hydrogen-bond donors (Lipinski definition) is 1. The van der Waals surface area contributed by atoms with Crippen LogP contribution in [0.15, 0.2) is 18.2 Å². The number of nitrogens with zero attached hydrogens (tertiary/aromatic N) is 1. The number of hydrogen-bond acceptors (Lipinski definition) is 2. The number of rotatable bonds is 2. The molecule has 0 saturated carbocycles. The van der Waals surface area contributed by atoms with Crippen LogP contribution in [-0.2, 0) is 6.18 Å². The molecule has 0 radical (unpaired) electrons. The first-order valence-corrected chi connectivity index (χ1v) is 6.86. The van der Waals surface area contributed by atoms with Gasteiger partial charge in [0.25, 0.3) is 0 Å². The van der Waals surface area contributed by atoms with Crippen LogP contribution in [-0.4, -0.2) is 37.3 Å². The zero-order valence-electron chi connectivity index (χ0n) is 11.2. The number of alkyl halides is 6. The highest BCUT2D eigenvalue weighted by Gasteiger charge is 2.48. The summed E-state index contributed by atoms with van der Waals surface area (Å²) < 4.78 is 79.5. The fourth-order valence-corrected chi connectivity index (χ4v) is 2.70. The van der Waals surface area contributed by atoms with Gasteiger partial charge in [-0.1, -0.05) is 17.7 Å². The molecule has 0 aliphatic carbocycles. The molecule has 0 amide bonds. The second kappa shape index (κ2) is 6.25. The SMILES string of the molecule is FC(F)(F)c1cc(Cl)ccc1[C@H](N1CCNCC1)C(F)(F)F. The lowest BCUT2D eigenvalue weighted by Gasteiger charge is -2.37. The first-order chi connectivity index (χ1) is 10.1. The van der Waals surface area contributed by atoms with E-state index in [1.54, 1.807) is 0 Å². The quantitative estimate of drug-likeness (QED) is 0.818. The molecule has 0 aromatic heterocycles. The Labute approximate surface area is 128 Å². The van der Waals surface area contributed by atoms with Crippen molar-refractivity contribution >= 4 is 11.6 Å². The Morgan fingerprint density at radius 2 is 1.64 bits per heavy atom. The lowest BCUT2D eigenvalue weighted by molar-refractivity contribution is -0.190. The van der Waals surface area contributed by atoms with Gasteiger partial charge in [0.1, 0.15) is 6.04 Å². The zero-order chi connectivity index (χ0) is 16.5. The third-order valence-corrected chi connectivity index (χ3v) is 3.68. The molecular weight excluding hydrogens is 334 g/mol. The smallest absolute Gasteiger partial charge is 0.314 e. The molecule has 1 saturated heterocycles. The summed E-state index contributed by atoms with van der Waals surface area (Å²) in [5.74, 6) is 0. The van der Waals surface area contributed by atoms with Crippen molar-refractivity contribution in [3.8, 4) is 0 Å². The van der Waals surface area contributed by atoms with Crippen molar-refractivity contribution in [2.75, 3.05) is 26.2 Å². The Kier molecular flexibility index (Phi) is 4.93. The van der Waals surface area contributed by atoms with Crippen LogP contribution in [0.5, 0.6) is 0 Å². The highest BCUT2D eigenvalue weighted by molar-refractivity contribution is 6.30. The Bertz CT molecular complexity index is 522. The van der Waals surface area contributed by atoms with E-state index in [1.807, 2.05) is 0 Å². The van der Waals surface area contributed by atoms with Crippen molar-refractivity contribution < 1.29 is 26.3 Å². The minimum absolute atomic E-state index is 0.0180. The Balaban J connectivity index is 2.52. The third-order valence-electron chi connectivity index (χ3n) is 3.44. The molecule has 124 valence electrons. The number of halogens is 7. The molecule has 1 atom stereocenters. The maximum Gasteiger partial charge on any atom is 0.416 e. The average Bonchev–Trinajstić information content (AvgIpc) is 2.39. The van der Waals surface area contributed by atoms with E-state index in [-0.39, 0.29) is 18.1 Å². The third kappa shape index (κ3) is 3.85. The van der Waals surface area contributed by atoms with E-state index >= 15 is 0 Å². The minimum atomic E-state index is -4.90. The van der Waals surface area contributed by atoms with Gasteiger partial charge in [0, 0.05) is 31.2 Å². The number of nitrogens with one attached hydrogen (secondary N) is 1. The van der Waals surface area contributed by atoms with Crippen LogP contribution in [0.2, 0.25) is 5.02 Å². The van der Waals surface area contributed by atoms with Crippen molar-refractivity contribution in [1.82, 2.24) is 10.2 Å². The maximum atomic E-state index is 13.4. The van der Waals surface area contributed by atoms with Crippen LogP contribution in [0, 0.1) is 0 Å². The van der Waals surface area contributed by atoms with Crippen molar-refractivity contribution in [1.29, 1.82) is 0 Å². The van der Waals surface area contributed by atoms with Gasteiger partial charge in [-0.15, -0.1) is 0 Å². The lowest BCUT2D eigenvalue weighted by Crippen LogP contribution is -2.49. The molecule has 1 N–H and O–H groups in total. The maximum absolute atomic E-state index is 13.4.